The number of carbonyl (C=O) groups excluding carboxylic acids is 2. The maximum absolute atomic E-state index is 12.5. The first kappa shape index (κ1) is 22.0. The molecule has 3 rings (SSSR count). The SMILES string of the molecule is CCC(NC(=O)c1ccccc1)N1CCN(C(CC)NC(=O)c2ccccc2)CC1. The van der Waals surface area contributed by atoms with E-state index >= 15 is 0 Å². The number of piperazine rings is 1. The molecule has 1 fully saturated rings. The molecule has 2 aromatic carbocycles. The van der Waals surface area contributed by atoms with Gasteiger partial charge in [-0.05, 0) is 37.1 Å². The van der Waals surface area contributed by atoms with Gasteiger partial charge in [-0.15, -0.1) is 0 Å². The molecule has 2 N–H and O–H groups in total. The van der Waals surface area contributed by atoms with Gasteiger partial charge in [-0.1, -0.05) is 50.2 Å². The zero-order valence-electron chi connectivity index (χ0n) is 17.9. The highest BCUT2D eigenvalue weighted by atomic mass is 16.2. The number of carbonyl (C=O) groups is 2. The van der Waals surface area contributed by atoms with E-state index in [2.05, 4.69) is 34.3 Å². The van der Waals surface area contributed by atoms with Gasteiger partial charge in [-0.3, -0.25) is 19.4 Å². The lowest BCUT2D eigenvalue weighted by Crippen LogP contribution is -2.59. The summed E-state index contributed by atoms with van der Waals surface area (Å²) in [7, 11) is 0. The summed E-state index contributed by atoms with van der Waals surface area (Å²) in [5.41, 5.74) is 1.37. The molecule has 0 aliphatic carbocycles. The molecule has 2 atom stereocenters. The molecule has 0 bridgehead atoms. The van der Waals surface area contributed by atoms with Crippen LogP contribution in [0.2, 0.25) is 0 Å². The summed E-state index contributed by atoms with van der Waals surface area (Å²) in [5, 5.41) is 6.33. The van der Waals surface area contributed by atoms with Crippen molar-refractivity contribution in [2.24, 2.45) is 0 Å². The minimum Gasteiger partial charge on any atom is -0.337 e. The number of hydrogen-bond donors (Lipinski definition) is 2. The molecule has 1 aliphatic heterocycles. The number of hydrogen-bond acceptors (Lipinski definition) is 4. The summed E-state index contributed by atoms with van der Waals surface area (Å²) in [4.78, 5) is 29.7. The fraction of sp³-hybridized carbons (Fsp3) is 0.417. The Bertz CT molecular complexity index is 735. The van der Waals surface area contributed by atoms with Crippen LogP contribution in [0.1, 0.15) is 47.4 Å². The molecule has 2 amide bonds. The number of rotatable bonds is 8. The van der Waals surface area contributed by atoms with Gasteiger partial charge in [0.2, 0.25) is 0 Å². The molecular weight excluding hydrogens is 376 g/mol. The van der Waals surface area contributed by atoms with E-state index in [1.54, 1.807) is 0 Å². The summed E-state index contributed by atoms with van der Waals surface area (Å²) in [6.07, 6.45) is 1.72. The van der Waals surface area contributed by atoms with Crippen LogP contribution in [0.5, 0.6) is 0 Å². The fourth-order valence-corrected chi connectivity index (χ4v) is 3.91. The van der Waals surface area contributed by atoms with E-state index in [-0.39, 0.29) is 24.1 Å². The van der Waals surface area contributed by atoms with Crippen molar-refractivity contribution in [1.29, 1.82) is 0 Å². The Hall–Kier alpha value is -2.70. The first-order chi connectivity index (χ1) is 14.6. The molecule has 2 aromatic rings. The Morgan fingerprint density at radius 2 is 1.03 bits per heavy atom. The summed E-state index contributed by atoms with van der Waals surface area (Å²) in [5.74, 6) is -0.0714. The molecule has 6 heteroatoms. The van der Waals surface area contributed by atoms with Crippen LogP contribution in [0.15, 0.2) is 60.7 Å². The number of nitrogens with zero attached hydrogens (tertiary/aromatic N) is 2. The van der Waals surface area contributed by atoms with Gasteiger partial charge in [0.15, 0.2) is 0 Å². The molecule has 6 nitrogen and oxygen atoms in total. The number of nitrogens with one attached hydrogen (secondary N) is 2. The average Bonchev–Trinajstić information content (AvgIpc) is 2.82. The second kappa shape index (κ2) is 10.9. The third kappa shape index (κ3) is 5.68. The van der Waals surface area contributed by atoms with Gasteiger partial charge in [-0.25, -0.2) is 0 Å². The topological polar surface area (TPSA) is 64.7 Å². The molecule has 0 spiro atoms. The summed E-state index contributed by atoms with van der Waals surface area (Å²) < 4.78 is 0. The van der Waals surface area contributed by atoms with Gasteiger partial charge in [-0.2, -0.15) is 0 Å². The van der Waals surface area contributed by atoms with Crippen molar-refractivity contribution in [3.05, 3.63) is 71.8 Å². The van der Waals surface area contributed by atoms with E-state index in [9.17, 15) is 9.59 Å². The van der Waals surface area contributed by atoms with Crippen LogP contribution < -0.4 is 10.6 Å². The van der Waals surface area contributed by atoms with Crippen molar-refractivity contribution in [2.45, 2.75) is 39.0 Å². The third-order valence-electron chi connectivity index (χ3n) is 5.67. The first-order valence-corrected chi connectivity index (χ1v) is 10.8. The van der Waals surface area contributed by atoms with Crippen molar-refractivity contribution in [3.63, 3.8) is 0 Å². The lowest BCUT2D eigenvalue weighted by atomic mass is 10.1. The van der Waals surface area contributed by atoms with Crippen molar-refractivity contribution >= 4 is 11.8 Å². The van der Waals surface area contributed by atoms with E-state index in [4.69, 9.17) is 0 Å². The highest BCUT2D eigenvalue weighted by Crippen LogP contribution is 2.12. The van der Waals surface area contributed by atoms with Gasteiger partial charge in [0.05, 0.1) is 12.3 Å². The van der Waals surface area contributed by atoms with E-state index in [1.807, 2.05) is 60.7 Å². The smallest absolute Gasteiger partial charge is 0.252 e. The van der Waals surface area contributed by atoms with Crippen LogP contribution >= 0.6 is 0 Å². The normalized spacial score (nSPS) is 17.1. The highest BCUT2D eigenvalue weighted by molar-refractivity contribution is 5.94. The van der Waals surface area contributed by atoms with Gasteiger partial charge < -0.3 is 10.6 Å². The third-order valence-corrected chi connectivity index (χ3v) is 5.67. The summed E-state index contributed by atoms with van der Waals surface area (Å²) in [6, 6.07) is 18.7. The quantitative estimate of drug-likeness (QED) is 0.705. The van der Waals surface area contributed by atoms with Gasteiger partial charge >= 0.3 is 0 Å². The van der Waals surface area contributed by atoms with E-state index < -0.39 is 0 Å². The van der Waals surface area contributed by atoms with Crippen LogP contribution in [0.3, 0.4) is 0 Å². The largest absolute Gasteiger partial charge is 0.337 e. The number of amides is 2. The molecule has 0 radical (unpaired) electrons. The Kier molecular flexibility index (Phi) is 7.99. The lowest BCUT2D eigenvalue weighted by molar-refractivity contribution is 0.0405. The van der Waals surface area contributed by atoms with Crippen LogP contribution in [-0.2, 0) is 0 Å². The molecule has 160 valence electrons. The van der Waals surface area contributed by atoms with Crippen LogP contribution in [0.25, 0.3) is 0 Å². The molecule has 30 heavy (non-hydrogen) atoms. The fourth-order valence-electron chi connectivity index (χ4n) is 3.91. The molecule has 1 aliphatic rings. The van der Waals surface area contributed by atoms with Crippen molar-refractivity contribution < 1.29 is 9.59 Å². The van der Waals surface area contributed by atoms with E-state index in [0.29, 0.717) is 11.1 Å². The predicted octanol–water partition coefficient (Wildman–Crippen LogP) is 2.94. The Labute approximate surface area is 179 Å². The molecule has 0 saturated carbocycles. The van der Waals surface area contributed by atoms with Crippen molar-refractivity contribution in [3.8, 4) is 0 Å². The lowest BCUT2D eigenvalue weighted by Gasteiger charge is -2.42. The van der Waals surface area contributed by atoms with Gasteiger partial charge in [0, 0.05) is 37.3 Å². The second-order valence-electron chi connectivity index (χ2n) is 7.60. The van der Waals surface area contributed by atoms with Crippen molar-refractivity contribution in [2.75, 3.05) is 26.2 Å². The maximum Gasteiger partial charge on any atom is 0.252 e. The van der Waals surface area contributed by atoms with E-state index in [0.717, 1.165) is 39.0 Å². The molecule has 1 heterocycles. The maximum atomic E-state index is 12.5. The number of benzene rings is 2. The first-order valence-electron chi connectivity index (χ1n) is 10.8. The molecule has 1 saturated heterocycles. The monoisotopic (exact) mass is 408 g/mol. The predicted molar refractivity (Wildman–Crippen MR) is 119 cm³/mol. The van der Waals surface area contributed by atoms with Gasteiger partial charge in [0.1, 0.15) is 0 Å². The Morgan fingerprint density at radius 3 is 1.33 bits per heavy atom. The van der Waals surface area contributed by atoms with Gasteiger partial charge in [0.25, 0.3) is 11.8 Å². The Morgan fingerprint density at radius 1 is 0.700 bits per heavy atom. The zero-order chi connectivity index (χ0) is 21.3. The summed E-state index contributed by atoms with van der Waals surface area (Å²) >= 11 is 0. The van der Waals surface area contributed by atoms with Crippen molar-refractivity contribution in [1.82, 2.24) is 20.4 Å². The minimum atomic E-state index is -0.0357. The zero-order valence-corrected chi connectivity index (χ0v) is 17.9. The van der Waals surface area contributed by atoms with Crippen LogP contribution in [0.4, 0.5) is 0 Å². The van der Waals surface area contributed by atoms with Crippen LogP contribution in [-0.4, -0.2) is 60.1 Å². The van der Waals surface area contributed by atoms with Crippen LogP contribution in [0, 0.1) is 0 Å². The Balaban J connectivity index is 1.53. The minimum absolute atomic E-state index is 0.0128. The molecular formula is C24H32N4O2. The second-order valence-corrected chi connectivity index (χ2v) is 7.60. The van der Waals surface area contributed by atoms with E-state index in [1.165, 1.54) is 0 Å². The molecule has 0 aromatic heterocycles. The average molecular weight is 409 g/mol. The summed E-state index contributed by atoms with van der Waals surface area (Å²) in [6.45, 7) is 7.60. The standard InChI is InChI=1S/C24H32N4O2/c1-3-21(25-23(29)19-11-7-5-8-12-19)27-15-17-28(18-16-27)22(4-2)26-24(30)20-13-9-6-10-14-20/h5-14,21-22H,3-4,15-18H2,1-2H3,(H,25,29)(H,26,30). The highest BCUT2D eigenvalue weighted by Gasteiger charge is 2.28. The molecule has 2 unspecified atom stereocenters.